The Morgan fingerprint density at radius 1 is 1.30 bits per heavy atom. The normalized spacial score (nSPS) is 19.2. The van der Waals surface area contributed by atoms with E-state index in [1.165, 1.54) is 6.42 Å². The lowest BCUT2D eigenvalue weighted by Crippen LogP contribution is -2.26. The quantitative estimate of drug-likeness (QED) is 0.751. The molecule has 4 heteroatoms. The highest BCUT2D eigenvalue weighted by molar-refractivity contribution is 5.98. The van der Waals surface area contributed by atoms with Gasteiger partial charge < -0.3 is 4.74 Å². The molecule has 4 nitrogen and oxygen atoms in total. The van der Waals surface area contributed by atoms with Gasteiger partial charge in [0.25, 0.3) is 0 Å². The topological polar surface area (TPSA) is 44.1 Å². The van der Waals surface area contributed by atoms with Gasteiger partial charge in [-0.2, -0.15) is 5.10 Å². The number of aromatic nitrogens is 2. The molecule has 20 heavy (non-hydrogen) atoms. The molecule has 0 amide bonds. The van der Waals surface area contributed by atoms with E-state index in [0.717, 1.165) is 55.8 Å². The summed E-state index contributed by atoms with van der Waals surface area (Å²) in [4.78, 5) is 12.2. The zero-order valence-corrected chi connectivity index (χ0v) is 12.9. The summed E-state index contributed by atoms with van der Waals surface area (Å²) < 4.78 is 7.83. The van der Waals surface area contributed by atoms with Crippen molar-refractivity contribution >= 4 is 5.78 Å². The number of rotatable bonds is 6. The van der Waals surface area contributed by atoms with Crippen LogP contribution in [0.4, 0.5) is 0 Å². The van der Waals surface area contributed by atoms with Crippen LogP contribution in [0.1, 0.15) is 68.2 Å². The molecule has 0 bridgehead atoms. The van der Waals surface area contributed by atoms with Crippen LogP contribution < -0.4 is 0 Å². The van der Waals surface area contributed by atoms with Crippen LogP contribution in [0.25, 0.3) is 0 Å². The van der Waals surface area contributed by atoms with Crippen molar-refractivity contribution in [3.8, 4) is 0 Å². The Kier molecular flexibility index (Phi) is 5.35. The Morgan fingerprint density at radius 3 is 2.65 bits per heavy atom. The number of carbonyl (C=O) groups excluding carboxylic acids is 1. The average molecular weight is 278 g/mol. The minimum Gasteiger partial charge on any atom is -0.376 e. The van der Waals surface area contributed by atoms with Crippen LogP contribution in [-0.2, 0) is 24.1 Å². The maximum absolute atomic E-state index is 12.2. The van der Waals surface area contributed by atoms with Gasteiger partial charge in [0.05, 0.1) is 23.9 Å². The summed E-state index contributed by atoms with van der Waals surface area (Å²) >= 11 is 0. The lowest BCUT2D eigenvalue weighted by atomic mass is 10.0. The molecule has 2 heterocycles. The number of nitrogens with zero attached hydrogens (tertiary/aromatic N) is 2. The standard InChI is InChI=1S/C16H26N2O2/c1-4-13-16(15(19)6-3)14(5-2)18(17-13)11-12-9-7-8-10-20-12/h12H,4-11H2,1-3H3. The lowest BCUT2D eigenvalue weighted by molar-refractivity contribution is 0.00347. The number of Topliss-reactive ketones (excluding diaryl/α,β-unsaturated/α-hetero) is 1. The molecule has 0 aliphatic carbocycles. The molecule has 1 unspecified atom stereocenters. The molecule has 1 atom stereocenters. The zero-order chi connectivity index (χ0) is 14.5. The van der Waals surface area contributed by atoms with E-state index in [1.54, 1.807) is 0 Å². The molecule has 0 saturated carbocycles. The number of ketones is 1. The third-order valence-corrected chi connectivity index (χ3v) is 4.05. The van der Waals surface area contributed by atoms with Crippen LogP contribution in [0.15, 0.2) is 0 Å². The molecular formula is C16H26N2O2. The van der Waals surface area contributed by atoms with Crippen molar-refractivity contribution in [2.75, 3.05) is 6.61 Å². The molecule has 1 saturated heterocycles. The largest absolute Gasteiger partial charge is 0.376 e. The molecule has 1 aliphatic heterocycles. The molecule has 0 aromatic carbocycles. The fraction of sp³-hybridized carbons (Fsp3) is 0.750. The first-order chi connectivity index (χ1) is 9.71. The first kappa shape index (κ1) is 15.2. The van der Waals surface area contributed by atoms with Gasteiger partial charge in [0.2, 0.25) is 0 Å². The molecule has 0 radical (unpaired) electrons. The van der Waals surface area contributed by atoms with Crippen molar-refractivity contribution in [3.05, 3.63) is 17.0 Å². The van der Waals surface area contributed by atoms with Gasteiger partial charge in [0, 0.05) is 18.7 Å². The lowest BCUT2D eigenvalue weighted by Gasteiger charge is -2.23. The summed E-state index contributed by atoms with van der Waals surface area (Å²) in [6, 6.07) is 0. The monoisotopic (exact) mass is 278 g/mol. The molecule has 1 fully saturated rings. The third kappa shape index (κ3) is 3.11. The van der Waals surface area contributed by atoms with E-state index in [0.29, 0.717) is 6.42 Å². The summed E-state index contributed by atoms with van der Waals surface area (Å²) in [5.74, 6) is 0.217. The van der Waals surface area contributed by atoms with Gasteiger partial charge in [-0.3, -0.25) is 9.48 Å². The maximum Gasteiger partial charge on any atom is 0.166 e. The van der Waals surface area contributed by atoms with E-state index >= 15 is 0 Å². The van der Waals surface area contributed by atoms with Crippen molar-refractivity contribution < 1.29 is 9.53 Å². The summed E-state index contributed by atoms with van der Waals surface area (Å²) in [5, 5.41) is 4.68. The van der Waals surface area contributed by atoms with Gasteiger partial charge in [-0.1, -0.05) is 20.8 Å². The summed E-state index contributed by atoms with van der Waals surface area (Å²) in [7, 11) is 0. The highest BCUT2D eigenvalue weighted by atomic mass is 16.5. The highest BCUT2D eigenvalue weighted by Gasteiger charge is 2.23. The Morgan fingerprint density at radius 2 is 2.10 bits per heavy atom. The Labute approximate surface area is 121 Å². The average Bonchev–Trinajstić information content (AvgIpc) is 2.85. The van der Waals surface area contributed by atoms with E-state index in [9.17, 15) is 4.79 Å². The maximum atomic E-state index is 12.2. The SMILES string of the molecule is CCC(=O)c1c(CC)nn(CC2CCCCO2)c1CC. The second-order valence-electron chi connectivity index (χ2n) is 5.42. The van der Waals surface area contributed by atoms with Crippen molar-refractivity contribution in [2.24, 2.45) is 0 Å². The zero-order valence-electron chi connectivity index (χ0n) is 12.9. The predicted octanol–water partition coefficient (Wildman–Crippen LogP) is 3.17. The Balaban J connectivity index is 2.27. The molecule has 2 rings (SSSR count). The van der Waals surface area contributed by atoms with E-state index in [-0.39, 0.29) is 11.9 Å². The second-order valence-corrected chi connectivity index (χ2v) is 5.42. The van der Waals surface area contributed by atoms with E-state index in [4.69, 9.17) is 4.74 Å². The second kappa shape index (κ2) is 7.02. The van der Waals surface area contributed by atoms with Gasteiger partial charge in [-0.25, -0.2) is 0 Å². The fourth-order valence-electron chi connectivity index (χ4n) is 2.95. The number of carbonyl (C=O) groups is 1. The number of ether oxygens (including phenoxy) is 1. The van der Waals surface area contributed by atoms with Gasteiger partial charge in [0.1, 0.15) is 0 Å². The van der Waals surface area contributed by atoms with Crippen molar-refractivity contribution in [3.63, 3.8) is 0 Å². The van der Waals surface area contributed by atoms with E-state index in [2.05, 4.69) is 18.9 Å². The Bertz CT molecular complexity index is 459. The minimum absolute atomic E-state index is 0.217. The fourth-order valence-corrected chi connectivity index (χ4v) is 2.95. The highest BCUT2D eigenvalue weighted by Crippen LogP contribution is 2.21. The molecule has 112 valence electrons. The van der Waals surface area contributed by atoms with E-state index in [1.807, 2.05) is 11.6 Å². The van der Waals surface area contributed by atoms with Crippen LogP contribution in [0.3, 0.4) is 0 Å². The number of aryl methyl sites for hydroxylation is 1. The van der Waals surface area contributed by atoms with Crippen LogP contribution in [0.5, 0.6) is 0 Å². The van der Waals surface area contributed by atoms with Gasteiger partial charge in [0.15, 0.2) is 5.78 Å². The van der Waals surface area contributed by atoms with Crippen LogP contribution in [-0.4, -0.2) is 28.3 Å². The molecule has 1 aliphatic rings. The van der Waals surface area contributed by atoms with Crippen molar-refractivity contribution in [2.45, 2.75) is 71.9 Å². The summed E-state index contributed by atoms with van der Waals surface area (Å²) in [5.41, 5.74) is 2.90. The van der Waals surface area contributed by atoms with Crippen LogP contribution in [0.2, 0.25) is 0 Å². The van der Waals surface area contributed by atoms with Crippen molar-refractivity contribution in [1.29, 1.82) is 0 Å². The minimum atomic E-state index is 0.217. The van der Waals surface area contributed by atoms with E-state index < -0.39 is 0 Å². The Hall–Kier alpha value is -1.16. The van der Waals surface area contributed by atoms with Gasteiger partial charge in [-0.15, -0.1) is 0 Å². The molecule has 0 spiro atoms. The summed E-state index contributed by atoms with van der Waals surface area (Å²) in [6.07, 6.45) is 5.95. The van der Waals surface area contributed by atoms with Gasteiger partial charge in [-0.05, 0) is 32.1 Å². The molecular weight excluding hydrogens is 252 g/mol. The van der Waals surface area contributed by atoms with Crippen molar-refractivity contribution in [1.82, 2.24) is 9.78 Å². The first-order valence-corrected chi connectivity index (χ1v) is 7.94. The number of hydrogen-bond donors (Lipinski definition) is 0. The molecule has 0 N–H and O–H groups in total. The number of hydrogen-bond acceptors (Lipinski definition) is 3. The summed E-state index contributed by atoms with van der Waals surface area (Å²) in [6.45, 7) is 7.72. The third-order valence-electron chi connectivity index (χ3n) is 4.05. The van der Waals surface area contributed by atoms with Gasteiger partial charge >= 0.3 is 0 Å². The van der Waals surface area contributed by atoms with Crippen LogP contribution in [0, 0.1) is 0 Å². The molecule has 1 aromatic heterocycles. The predicted molar refractivity (Wildman–Crippen MR) is 79.2 cm³/mol. The molecule has 1 aromatic rings. The van der Waals surface area contributed by atoms with Crippen LogP contribution >= 0.6 is 0 Å². The first-order valence-electron chi connectivity index (χ1n) is 7.94. The smallest absolute Gasteiger partial charge is 0.166 e.